The minimum absolute atomic E-state index is 0.0376. The van der Waals surface area contributed by atoms with E-state index in [9.17, 15) is 14.7 Å². The predicted molar refractivity (Wildman–Crippen MR) is 80.5 cm³/mol. The van der Waals surface area contributed by atoms with Crippen molar-refractivity contribution >= 4 is 23.5 Å². The first-order chi connectivity index (χ1) is 9.77. The maximum atomic E-state index is 12.0. The molecular formula is C15H20ClNO4. The Morgan fingerprint density at radius 3 is 2.52 bits per heavy atom. The van der Waals surface area contributed by atoms with Gasteiger partial charge in [0.05, 0.1) is 17.9 Å². The van der Waals surface area contributed by atoms with E-state index in [0.29, 0.717) is 12.0 Å². The van der Waals surface area contributed by atoms with Gasteiger partial charge in [0.25, 0.3) is 0 Å². The normalized spacial score (nSPS) is 12.2. The van der Waals surface area contributed by atoms with Crippen LogP contribution < -0.4 is 5.32 Å². The molecule has 1 amide bonds. The number of aromatic hydroxyl groups is 1. The Hall–Kier alpha value is -1.75. The number of phenols is 1. The molecule has 0 aliphatic carbocycles. The first-order valence-electron chi connectivity index (χ1n) is 6.76. The minimum atomic E-state index is -0.936. The minimum Gasteiger partial charge on any atom is -0.506 e. The van der Waals surface area contributed by atoms with Crippen LogP contribution in [0.5, 0.6) is 5.75 Å². The molecule has 0 heterocycles. The van der Waals surface area contributed by atoms with E-state index in [1.165, 1.54) is 12.1 Å². The zero-order valence-corrected chi connectivity index (χ0v) is 12.9. The van der Waals surface area contributed by atoms with Crippen molar-refractivity contribution in [3.8, 4) is 5.75 Å². The average Bonchev–Trinajstić information content (AvgIpc) is 2.31. The van der Waals surface area contributed by atoms with E-state index in [2.05, 4.69) is 5.32 Å². The summed E-state index contributed by atoms with van der Waals surface area (Å²) in [7, 11) is 0. The Kier molecular flexibility index (Phi) is 6.49. The number of rotatable bonds is 7. The highest BCUT2D eigenvalue weighted by molar-refractivity contribution is 6.32. The quantitative estimate of drug-likeness (QED) is 0.722. The third-order valence-corrected chi connectivity index (χ3v) is 3.22. The summed E-state index contributed by atoms with van der Waals surface area (Å²) in [5.74, 6) is -0.945. The fourth-order valence-electron chi connectivity index (χ4n) is 2.10. The van der Waals surface area contributed by atoms with Gasteiger partial charge in [-0.2, -0.15) is 0 Å². The first-order valence-corrected chi connectivity index (χ1v) is 7.14. The maximum Gasteiger partial charge on any atom is 0.305 e. The number of amides is 1. The summed E-state index contributed by atoms with van der Waals surface area (Å²) in [6.45, 7) is 3.95. The molecule has 5 nitrogen and oxygen atoms in total. The third-order valence-electron chi connectivity index (χ3n) is 2.92. The van der Waals surface area contributed by atoms with E-state index in [1.807, 2.05) is 13.8 Å². The van der Waals surface area contributed by atoms with E-state index >= 15 is 0 Å². The van der Waals surface area contributed by atoms with Gasteiger partial charge in [-0.3, -0.25) is 9.59 Å². The molecule has 0 aliphatic heterocycles. The summed E-state index contributed by atoms with van der Waals surface area (Å²) in [5, 5.41) is 21.1. The smallest absolute Gasteiger partial charge is 0.305 e. The number of carboxylic acid groups (broad SMARTS) is 1. The largest absolute Gasteiger partial charge is 0.506 e. The number of aliphatic carboxylic acids is 1. The molecule has 1 aromatic carbocycles. The van der Waals surface area contributed by atoms with Gasteiger partial charge in [0.1, 0.15) is 5.75 Å². The number of hydrogen-bond acceptors (Lipinski definition) is 3. The van der Waals surface area contributed by atoms with Crippen molar-refractivity contribution in [1.29, 1.82) is 0 Å². The Labute approximate surface area is 128 Å². The van der Waals surface area contributed by atoms with Gasteiger partial charge >= 0.3 is 5.97 Å². The van der Waals surface area contributed by atoms with Crippen molar-refractivity contribution in [1.82, 2.24) is 5.32 Å². The second kappa shape index (κ2) is 7.88. The highest BCUT2D eigenvalue weighted by Crippen LogP contribution is 2.23. The van der Waals surface area contributed by atoms with Crippen LogP contribution in [0.4, 0.5) is 0 Å². The molecular weight excluding hydrogens is 294 g/mol. The Morgan fingerprint density at radius 1 is 1.33 bits per heavy atom. The highest BCUT2D eigenvalue weighted by Gasteiger charge is 2.17. The van der Waals surface area contributed by atoms with Gasteiger partial charge in [0.2, 0.25) is 5.91 Å². The van der Waals surface area contributed by atoms with E-state index in [0.717, 1.165) is 0 Å². The van der Waals surface area contributed by atoms with Crippen LogP contribution in [0.2, 0.25) is 5.02 Å². The molecule has 0 bridgehead atoms. The fraction of sp³-hybridized carbons (Fsp3) is 0.467. The van der Waals surface area contributed by atoms with Crippen molar-refractivity contribution in [3.63, 3.8) is 0 Å². The number of phenolic OH excluding ortho intramolecular Hbond substituents is 1. The first kappa shape index (κ1) is 17.3. The molecule has 1 rings (SSSR count). The Bertz CT molecular complexity index is 516. The summed E-state index contributed by atoms with van der Waals surface area (Å²) < 4.78 is 0. The van der Waals surface area contributed by atoms with Crippen LogP contribution in [0.1, 0.15) is 32.3 Å². The van der Waals surface area contributed by atoms with Crippen LogP contribution in [0.15, 0.2) is 18.2 Å². The number of carboxylic acids is 1. The molecule has 0 saturated heterocycles. The molecule has 0 unspecified atom stereocenters. The number of carbonyl (C=O) groups is 2. The maximum absolute atomic E-state index is 12.0. The molecule has 0 fully saturated rings. The van der Waals surface area contributed by atoms with Crippen molar-refractivity contribution in [2.75, 3.05) is 0 Å². The van der Waals surface area contributed by atoms with Gasteiger partial charge in [0.15, 0.2) is 0 Å². The fourth-order valence-corrected chi connectivity index (χ4v) is 2.30. The standard InChI is InChI=1S/C15H20ClNO4/c1-9(2)5-11(8-15(20)21)17-14(19)7-10-3-4-13(18)12(16)6-10/h3-4,6,9,11,18H,5,7-8H2,1-2H3,(H,17,19)(H,20,21)/t11-/m1/s1. The predicted octanol–water partition coefficient (Wildman–Crippen LogP) is 2.59. The number of halogens is 1. The Morgan fingerprint density at radius 2 is 2.00 bits per heavy atom. The molecule has 0 radical (unpaired) electrons. The average molecular weight is 314 g/mol. The van der Waals surface area contributed by atoms with Crippen molar-refractivity contribution in [3.05, 3.63) is 28.8 Å². The zero-order chi connectivity index (χ0) is 16.0. The molecule has 0 spiro atoms. The number of carbonyl (C=O) groups excluding carboxylic acids is 1. The van der Waals surface area contributed by atoms with Crippen LogP contribution in [0.3, 0.4) is 0 Å². The van der Waals surface area contributed by atoms with Gasteiger partial charge in [-0.15, -0.1) is 0 Å². The third kappa shape index (κ3) is 6.49. The van der Waals surface area contributed by atoms with Crippen LogP contribution in [-0.4, -0.2) is 28.1 Å². The van der Waals surface area contributed by atoms with E-state index in [1.54, 1.807) is 6.07 Å². The number of hydrogen-bond donors (Lipinski definition) is 3. The summed E-state index contributed by atoms with van der Waals surface area (Å²) in [6.07, 6.45) is 0.600. The van der Waals surface area contributed by atoms with E-state index in [4.69, 9.17) is 16.7 Å². The van der Waals surface area contributed by atoms with E-state index < -0.39 is 5.97 Å². The molecule has 0 aliphatic rings. The number of benzene rings is 1. The lowest BCUT2D eigenvalue weighted by molar-refractivity contribution is -0.137. The van der Waals surface area contributed by atoms with Gasteiger partial charge in [-0.05, 0) is 30.0 Å². The van der Waals surface area contributed by atoms with Gasteiger partial charge < -0.3 is 15.5 Å². The lowest BCUT2D eigenvalue weighted by Crippen LogP contribution is -2.38. The van der Waals surface area contributed by atoms with Crippen molar-refractivity contribution < 1.29 is 19.8 Å². The Balaban J connectivity index is 2.64. The summed E-state index contributed by atoms with van der Waals surface area (Å²) in [6, 6.07) is 4.16. The highest BCUT2D eigenvalue weighted by atomic mass is 35.5. The molecule has 116 valence electrons. The van der Waals surface area contributed by atoms with Gasteiger partial charge in [-0.25, -0.2) is 0 Å². The SMILES string of the molecule is CC(C)C[C@H](CC(=O)O)NC(=O)Cc1ccc(O)c(Cl)c1. The molecule has 1 atom stereocenters. The van der Waals surface area contributed by atoms with E-state index in [-0.39, 0.29) is 41.5 Å². The van der Waals surface area contributed by atoms with Gasteiger partial charge in [-0.1, -0.05) is 31.5 Å². The van der Waals surface area contributed by atoms with Crippen LogP contribution in [0, 0.1) is 5.92 Å². The molecule has 0 aromatic heterocycles. The van der Waals surface area contributed by atoms with Crippen molar-refractivity contribution in [2.45, 2.75) is 39.2 Å². The summed E-state index contributed by atoms with van der Waals surface area (Å²) in [5.41, 5.74) is 0.661. The van der Waals surface area contributed by atoms with Crippen molar-refractivity contribution in [2.24, 2.45) is 5.92 Å². The lowest BCUT2D eigenvalue weighted by atomic mass is 10.0. The molecule has 3 N–H and O–H groups in total. The molecule has 0 saturated carbocycles. The molecule has 6 heteroatoms. The second-order valence-electron chi connectivity index (χ2n) is 5.45. The lowest BCUT2D eigenvalue weighted by Gasteiger charge is -2.19. The van der Waals surface area contributed by atoms with Crippen LogP contribution >= 0.6 is 11.6 Å². The topological polar surface area (TPSA) is 86.6 Å². The zero-order valence-electron chi connectivity index (χ0n) is 12.1. The number of nitrogens with one attached hydrogen (secondary N) is 1. The molecule has 1 aromatic rings. The monoisotopic (exact) mass is 313 g/mol. The summed E-state index contributed by atoms with van der Waals surface area (Å²) in [4.78, 5) is 22.8. The summed E-state index contributed by atoms with van der Waals surface area (Å²) >= 11 is 5.78. The molecule has 21 heavy (non-hydrogen) atoms. The van der Waals surface area contributed by atoms with Crippen LogP contribution in [0.25, 0.3) is 0 Å². The second-order valence-corrected chi connectivity index (χ2v) is 5.86. The van der Waals surface area contributed by atoms with Crippen LogP contribution in [-0.2, 0) is 16.0 Å². The van der Waals surface area contributed by atoms with Gasteiger partial charge in [0, 0.05) is 6.04 Å².